The number of hydrogen-bond donors (Lipinski definition) is 3. The molecule has 112 valence electrons. The molecule has 0 radical (unpaired) electrons. The zero-order valence-electron chi connectivity index (χ0n) is 11.8. The maximum atomic E-state index is 12.3. The number of benzene rings is 2. The van der Waals surface area contributed by atoms with Crippen molar-refractivity contribution in [1.82, 2.24) is 0 Å². The summed E-state index contributed by atoms with van der Waals surface area (Å²) < 4.78 is 27.1. The van der Waals surface area contributed by atoms with Crippen LogP contribution in [0.5, 0.6) is 0 Å². The van der Waals surface area contributed by atoms with Gasteiger partial charge in [-0.25, -0.2) is 8.42 Å². The lowest BCUT2D eigenvalue weighted by Crippen LogP contribution is -2.15. The molecule has 0 aromatic heterocycles. The lowest BCUT2D eigenvalue weighted by molar-refractivity contribution is 0.601. The minimum absolute atomic E-state index is 0.238. The number of aryl methyl sites for hydroxylation is 1. The largest absolute Gasteiger partial charge is 0.384 e. The van der Waals surface area contributed by atoms with Crippen molar-refractivity contribution in [3.8, 4) is 0 Å². The summed E-state index contributed by atoms with van der Waals surface area (Å²) in [4.78, 5) is 0.238. The highest BCUT2D eigenvalue weighted by Crippen LogP contribution is 2.22. The predicted octanol–water partition coefficient (Wildman–Crippen LogP) is 2.17. The van der Waals surface area contributed by atoms with Crippen LogP contribution in [-0.2, 0) is 10.0 Å². The summed E-state index contributed by atoms with van der Waals surface area (Å²) in [6.07, 6.45) is 0. The van der Waals surface area contributed by atoms with E-state index < -0.39 is 10.0 Å². The Hall–Kier alpha value is -2.05. The van der Waals surface area contributed by atoms with E-state index in [0.717, 1.165) is 11.3 Å². The molecule has 0 amide bonds. The zero-order chi connectivity index (χ0) is 15.3. The van der Waals surface area contributed by atoms with Gasteiger partial charge < -0.3 is 11.1 Å². The Morgan fingerprint density at radius 2 is 1.81 bits per heavy atom. The molecule has 2 aromatic rings. The van der Waals surface area contributed by atoms with Crippen molar-refractivity contribution in [3.63, 3.8) is 0 Å². The quantitative estimate of drug-likeness (QED) is 0.763. The second-order valence-corrected chi connectivity index (χ2v) is 6.35. The first-order valence-electron chi connectivity index (χ1n) is 6.65. The molecule has 2 aromatic carbocycles. The minimum Gasteiger partial charge on any atom is -0.384 e. The fraction of sp³-hybridized carbons (Fsp3) is 0.200. The highest BCUT2D eigenvalue weighted by Gasteiger charge is 2.13. The lowest BCUT2D eigenvalue weighted by atomic mass is 10.2. The molecule has 0 bridgehead atoms. The van der Waals surface area contributed by atoms with Crippen LogP contribution in [-0.4, -0.2) is 21.5 Å². The fourth-order valence-electron chi connectivity index (χ4n) is 1.90. The molecule has 2 rings (SSSR count). The molecule has 0 spiro atoms. The molecule has 0 fully saturated rings. The minimum atomic E-state index is -3.57. The second kappa shape index (κ2) is 6.60. The molecule has 5 nitrogen and oxygen atoms in total. The average molecular weight is 305 g/mol. The first-order valence-corrected chi connectivity index (χ1v) is 8.14. The van der Waals surface area contributed by atoms with Gasteiger partial charge in [-0.2, -0.15) is 0 Å². The van der Waals surface area contributed by atoms with E-state index in [1.807, 2.05) is 13.0 Å². The Balaban J connectivity index is 2.23. The normalized spacial score (nSPS) is 11.1. The second-order valence-electron chi connectivity index (χ2n) is 4.66. The molecule has 0 heterocycles. The molecular formula is C15H19N3O2S. The zero-order valence-corrected chi connectivity index (χ0v) is 12.7. The van der Waals surface area contributed by atoms with Gasteiger partial charge in [0.2, 0.25) is 0 Å². The predicted molar refractivity (Wildman–Crippen MR) is 86.0 cm³/mol. The van der Waals surface area contributed by atoms with Crippen molar-refractivity contribution in [1.29, 1.82) is 0 Å². The van der Waals surface area contributed by atoms with Crippen molar-refractivity contribution in [3.05, 3.63) is 54.1 Å². The Morgan fingerprint density at radius 3 is 2.48 bits per heavy atom. The van der Waals surface area contributed by atoms with E-state index in [-0.39, 0.29) is 4.90 Å². The molecule has 0 aliphatic heterocycles. The van der Waals surface area contributed by atoms with Crippen molar-refractivity contribution in [2.45, 2.75) is 11.8 Å². The highest BCUT2D eigenvalue weighted by atomic mass is 32.2. The Kier molecular flexibility index (Phi) is 4.82. The van der Waals surface area contributed by atoms with Gasteiger partial charge in [-0.05, 0) is 36.8 Å². The van der Waals surface area contributed by atoms with E-state index in [0.29, 0.717) is 18.8 Å². The van der Waals surface area contributed by atoms with Gasteiger partial charge in [0.1, 0.15) is 0 Å². The monoisotopic (exact) mass is 305 g/mol. The third-order valence-corrected chi connectivity index (χ3v) is 4.40. The third kappa shape index (κ3) is 3.96. The third-order valence-electron chi connectivity index (χ3n) is 3.00. The van der Waals surface area contributed by atoms with Crippen molar-refractivity contribution in [2.24, 2.45) is 5.73 Å². The van der Waals surface area contributed by atoms with Crippen LogP contribution in [0.4, 0.5) is 11.4 Å². The molecule has 21 heavy (non-hydrogen) atoms. The lowest BCUT2D eigenvalue weighted by Gasteiger charge is -2.12. The molecular weight excluding hydrogens is 286 g/mol. The van der Waals surface area contributed by atoms with Gasteiger partial charge in [0, 0.05) is 18.8 Å². The number of nitrogens with one attached hydrogen (secondary N) is 2. The highest BCUT2D eigenvalue weighted by molar-refractivity contribution is 7.92. The summed E-state index contributed by atoms with van der Waals surface area (Å²) in [5, 5.41) is 3.17. The number of nitrogens with two attached hydrogens (primary N) is 1. The average Bonchev–Trinajstić information content (AvgIpc) is 2.48. The Morgan fingerprint density at radius 1 is 1.10 bits per heavy atom. The smallest absolute Gasteiger partial charge is 0.261 e. The SMILES string of the molecule is Cc1ccc(NS(=O)(=O)c2ccccc2)cc1NCCN. The van der Waals surface area contributed by atoms with Crippen molar-refractivity contribution < 1.29 is 8.42 Å². The van der Waals surface area contributed by atoms with Gasteiger partial charge in [0.15, 0.2) is 0 Å². The molecule has 6 heteroatoms. The van der Waals surface area contributed by atoms with Crippen LogP contribution in [0.1, 0.15) is 5.56 Å². The van der Waals surface area contributed by atoms with E-state index in [1.54, 1.807) is 42.5 Å². The summed E-state index contributed by atoms with van der Waals surface area (Å²) in [6, 6.07) is 13.7. The van der Waals surface area contributed by atoms with Crippen LogP contribution in [0.25, 0.3) is 0 Å². The Bertz CT molecular complexity index is 700. The van der Waals surface area contributed by atoms with Gasteiger partial charge in [0.25, 0.3) is 10.0 Å². The number of hydrogen-bond acceptors (Lipinski definition) is 4. The van der Waals surface area contributed by atoms with E-state index in [4.69, 9.17) is 5.73 Å². The molecule has 0 aliphatic rings. The van der Waals surface area contributed by atoms with E-state index in [1.165, 1.54) is 0 Å². The molecule has 0 saturated carbocycles. The first-order chi connectivity index (χ1) is 10.0. The van der Waals surface area contributed by atoms with E-state index in [2.05, 4.69) is 10.0 Å². The van der Waals surface area contributed by atoms with Gasteiger partial charge in [-0.3, -0.25) is 4.72 Å². The Labute approximate surface area is 125 Å². The van der Waals surface area contributed by atoms with Crippen LogP contribution >= 0.6 is 0 Å². The van der Waals surface area contributed by atoms with Crippen LogP contribution in [0.15, 0.2) is 53.4 Å². The van der Waals surface area contributed by atoms with Gasteiger partial charge in [0.05, 0.1) is 10.6 Å². The van der Waals surface area contributed by atoms with Crippen molar-refractivity contribution >= 4 is 21.4 Å². The summed E-state index contributed by atoms with van der Waals surface area (Å²) in [5.41, 5.74) is 7.89. The van der Waals surface area contributed by atoms with Gasteiger partial charge in [-0.1, -0.05) is 24.3 Å². The molecule has 0 aliphatic carbocycles. The van der Waals surface area contributed by atoms with Crippen molar-refractivity contribution in [2.75, 3.05) is 23.1 Å². The van der Waals surface area contributed by atoms with Gasteiger partial charge >= 0.3 is 0 Å². The first kappa shape index (κ1) is 15.3. The molecule has 0 saturated heterocycles. The number of sulfonamides is 1. The summed E-state index contributed by atoms with van der Waals surface area (Å²) in [7, 11) is -3.57. The number of rotatable bonds is 6. The molecule has 0 atom stereocenters. The van der Waals surface area contributed by atoms with Crippen LogP contribution in [0.3, 0.4) is 0 Å². The van der Waals surface area contributed by atoms with Crippen LogP contribution in [0.2, 0.25) is 0 Å². The maximum absolute atomic E-state index is 12.3. The van der Waals surface area contributed by atoms with E-state index in [9.17, 15) is 8.42 Å². The van der Waals surface area contributed by atoms with Gasteiger partial charge in [-0.15, -0.1) is 0 Å². The molecule has 0 unspecified atom stereocenters. The fourth-order valence-corrected chi connectivity index (χ4v) is 2.97. The van der Waals surface area contributed by atoms with E-state index >= 15 is 0 Å². The summed E-state index contributed by atoms with van der Waals surface area (Å²) in [5.74, 6) is 0. The maximum Gasteiger partial charge on any atom is 0.261 e. The standard InChI is InChI=1S/C15H19N3O2S/c1-12-7-8-13(11-15(12)17-10-9-16)18-21(19,20)14-5-3-2-4-6-14/h2-8,11,17-18H,9-10,16H2,1H3. The number of anilines is 2. The van der Waals surface area contributed by atoms with Crippen LogP contribution < -0.4 is 15.8 Å². The van der Waals surface area contributed by atoms with Crippen LogP contribution in [0, 0.1) is 6.92 Å². The topological polar surface area (TPSA) is 84.2 Å². The summed E-state index contributed by atoms with van der Waals surface area (Å²) >= 11 is 0. The molecule has 4 N–H and O–H groups in total. The summed E-state index contributed by atoms with van der Waals surface area (Å²) in [6.45, 7) is 3.10.